The number of imide groups is 2. The lowest BCUT2D eigenvalue weighted by atomic mass is 9.56. The summed E-state index contributed by atoms with van der Waals surface area (Å²) in [4.78, 5) is 55.8. The van der Waals surface area contributed by atoms with Crippen molar-refractivity contribution in [3.8, 4) is 5.75 Å². The van der Waals surface area contributed by atoms with Gasteiger partial charge in [0.15, 0.2) is 33.0 Å². The van der Waals surface area contributed by atoms with Crippen molar-refractivity contribution >= 4 is 52.5 Å². The highest BCUT2D eigenvalue weighted by Crippen LogP contribution is 2.66. The summed E-state index contributed by atoms with van der Waals surface area (Å²) < 4.78 is 73.9. The van der Waals surface area contributed by atoms with E-state index in [9.17, 15) is 37.5 Å². The Bertz CT molecular complexity index is 2180. The van der Waals surface area contributed by atoms with Gasteiger partial charge in [0.05, 0.1) is 11.8 Å². The molecular weight excluding hydrogens is 768 g/mol. The van der Waals surface area contributed by atoms with E-state index in [0.29, 0.717) is 49.2 Å². The average molecular weight is 803 g/mol. The lowest BCUT2D eigenvalue weighted by Gasteiger charge is -2.51. The number of rotatable bonds is 5. The molecule has 0 radical (unpaired) electrons. The van der Waals surface area contributed by atoms with Gasteiger partial charge in [0.1, 0.15) is 11.4 Å². The summed E-state index contributed by atoms with van der Waals surface area (Å²) in [7, 11) is 0. The Morgan fingerprint density at radius 2 is 1.38 bits per heavy atom. The van der Waals surface area contributed by atoms with Crippen LogP contribution in [0.3, 0.4) is 0 Å². The number of aromatic hydroxyl groups is 1. The van der Waals surface area contributed by atoms with Crippen LogP contribution in [0.5, 0.6) is 5.75 Å². The molecule has 288 valence electrons. The molecule has 8 rings (SSSR count). The Hall–Kier alpha value is -4.33. The molecule has 55 heavy (non-hydrogen) atoms. The van der Waals surface area contributed by atoms with Crippen molar-refractivity contribution in [1.29, 1.82) is 0 Å². The Morgan fingerprint density at radius 1 is 0.800 bits per heavy atom. The number of carbonyl (C=O) groups excluding carboxylic acids is 4. The minimum absolute atomic E-state index is 0.0583. The standard InChI is InChI=1S/C40H34Cl2F5N3O5/c1-18-14-21(15-19(2)34(18)51)27-23-8-9-24-26(36(53)49(35(24)52)22-10-12-48(13-11-22)17-20-6-4-3-5-7-20)25(23)16-39(41)37(54)50(38(55)40(27,39)42)33-31(46)29(44)28(43)30(45)32(33)47/h3-8,14-15,22,24-27,51H,9-13,16-17H2,1-2H3/t24-,25+,26-,27-,39+,40-/m0/s1. The first-order valence-electron chi connectivity index (χ1n) is 17.9. The van der Waals surface area contributed by atoms with Crippen molar-refractivity contribution in [2.24, 2.45) is 17.8 Å². The molecule has 6 atom stereocenters. The molecule has 0 aromatic heterocycles. The number of amides is 4. The van der Waals surface area contributed by atoms with E-state index in [2.05, 4.69) is 4.90 Å². The Balaban J connectivity index is 1.20. The number of halogens is 7. The molecular formula is C40H34Cl2F5N3O5. The molecule has 0 spiro atoms. The first kappa shape index (κ1) is 37.6. The van der Waals surface area contributed by atoms with E-state index < -0.39 is 98.4 Å². The molecule has 4 amide bonds. The second kappa shape index (κ2) is 13.1. The Labute approximate surface area is 322 Å². The van der Waals surface area contributed by atoms with E-state index in [4.69, 9.17) is 23.2 Å². The van der Waals surface area contributed by atoms with Gasteiger partial charge in [-0.2, -0.15) is 0 Å². The molecule has 5 aliphatic rings. The number of alkyl halides is 2. The minimum Gasteiger partial charge on any atom is -0.507 e. The van der Waals surface area contributed by atoms with Crippen LogP contribution in [0, 0.1) is 60.7 Å². The zero-order chi connectivity index (χ0) is 39.5. The highest BCUT2D eigenvalue weighted by molar-refractivity contribution is 6.58. The maximum atomic E-state index is 15.3. The normalized spacial score (nSPS) is 29.8. The molecule has 0 unspecified atom stereocenters. The van der Waals surface area contributed by atoms with E-state index in [1.54, 1.807) is 19.9 Å². The molecule has 3 saturated heterocycles. The molecule has 1 N–H and O–H groups in total. The molecule has 4 fully saturated rings. The number of phenolic OH excluding ortho intramolecular Hbond substituents is 1. The van der Waals surface area contributed by atoms with Gasteiger partial charge in [0.25, 0.3) is 11.8 Å². The largest absolute Gasteiger partial charge is 0.507 e. The van der Waals surface area contributed by atoms with Crippen molar-refractivity contribution in [2.45, 2.75) is 67.8 Å². The van der Waals surface area contributed by atoms with E-state index in [0.717, 1.165) is 5.56 Å². The lowest BCUT2D eigenvalue weighted by molar-refractivity contribution is -0.144. The fraction of sp³-hybridized carbons (Fsp3) is 0.400. The maximum absolute atomic E-state index is 15.3. The number of nitrogens with zero attached hydrogens (tertiary/aromatic N) is 3. The number of piperidine rings is 1. The van der Waals surface area contributed by atoms with Crippen molar-refractivity contribution in [3.63, 3.8) is 0 Å². The lowest BCUT2D eigenvalue weighted by Crippen LogP contribution is -2.60. The topological polar surface area (TPSA) is 98.2 Å². The summed E-state index contributed by atoms with van der Waals surface area (Å²) in [5.41, 5.74) is 0.563. The minimum atomic E-state index is -2.63. The smallest absolute Gasteiger partial charge is 0.258 e. The van der Waals surface area contributed by atoms with Gasteiger partial charge in [-0.15, -0.1) is 23.2 Å². The summed E-state index contributed by atoms with van der Waals surface area (Å²) >= 11 is 14.5. The van der Waals surface area contributed by atoms with Crippen LogP contribution in [-0.4, -0.2) is 67.4 Å². The zero-order valence-corrected chi connectivity index (χ0v) is 31.0. The molecule has 3 heterocycles. The molecule has 3 aromatic carbocycles. The van der Waals surface area contributed by atoms with Gasteiger partial charge in [0, 0.05) is 31.6 Å². The predicted octanol–water partition coefficient (Wildman–Crippen LogP) is 6.93. The molecule has 2 aliphatic carbocycles. The number of allylic oxidation sites excluding steroid dienone is 2. The average Bonchev–Trinajstić information content (AvgIpc) is 3.50. The van der Waals surface area contributed by atoms with Gasteiger partial charge in [-0.05, 0) is 67.7 Å². The van der Waals surface area contributed by atoms with Gasteiger partial charge in [0.2, 0.25) is 17.6 Å². The van der Waals surface area contributed by atoms with Crippen LogP contribution in [0.4, 0.5) is 27.6 Å². The van der Waals surface area contributed by atoms with Gasteiger partial charge in [-0.25, -0.2) is 26.9 Å². The summed E-state index contributed by atoms with van der Waals surface area (Å²) in [5, 5.41) is 10.6. The predicted molar refractivity (Wildman–Crippen MR) is 191 cm³/mol. The fourth-order valence-corrected chi connectivity index (χ4v) is 10.6. The summed E-state index contributed by atoms with van der Waals surface area (Å²) in [6.45, 7) is 5.10. The van der Waals surface area contributed by atoms with Crippen LogP contribution in [-0.2, 0) is 25.7 Å². The number of carbonyl (C=O) groups is 4. The van der Waals surface area contributed by atoms with Crippen LogP contribution in [0.15, 0.2) is 54.1 Å². The molecule has 3 aliphatic heterocycles. The monoisotopic (exact) mass is 801 g/mol. The van der Waals surface area contributed by atoms with Gasteiger partial charge in [-0.3, -0.25) is 29.0 Å². The molecule has 1 saturated carbocycles. The quantitative estimate of drug-likeness (QED) is 0.0751. The van der Waals surface area contributed by atoms with E-state index in [1.165, 1.54) is 17.0 Å². The zero-order valence-electron chi connectivity index (χ0n) is 29.5. The van der Waals surface area contributed by atoms with Gasteiger partial charge >= 0.3 is 0 Å². The van der Waals surface area contributed by atoms with Gasteiger partial charge < -0.3 is 5.11 Å². The third-order valence-corrected chi connectivity index (χ3v) is 13.7. The van der Waals surface area contributed by atoms with Gasteiger partial charge in [-0.1, -0.05) is 54.1 Å². The van der Waals surface area contributed by atoms with Crippen LogP contribution in [0.25, 0.3) is 0 Å². The van der Waals surface area contributed by atoms with Crippen LogP contribution in [0.2, 0.25) is 0 Å². The maximum Gasteiger partial charge on any atom is 0.258 e. The second-order valence-corrected chi connectivity index (χ2v) is 16.5. The van der Waals surface area contributed by atoms with Crippen molar-refractivity contribution in [2.75, 3.05) is 18.0 Å². The molecule has 3 aromatic rings. The van der Waals surface area contributed by atoms with Crippen LogP contribution >= 0.6 is 23.2 Å². The number of hydrogen-bond donors (Lipinski definition) is 1. The molecule has 15 heteroatoms. The number of anilines is 1. The van der Waals surface area contributed by atoms with Crippen molar-refractivity contribution in [3.05, 3.63) is 105 Å². The Morgan fingerprint density at radius 3 is 1.98 bits per heavy atom. The Kier molecular flexibility index (Phi) is 8.97. The number of phenols is 1. The second-order valence-electron chi connectivity index (χ2n) is 15.2. The number of benzene rings is 3. The number of likely N-dealkylation sites (tertiary alicyclic amines) is 2. The van der Waals surface area contributed by atoms with E-state index in [1.807, 2.05) is 30.3 Å². The fourth-order valence-electron chi connectivity index (χ4n) is 9.66. The first-order chi connectivity index (χ1) is 26.0. The van der Waals surface area contributed by atoms with E-state index >= 15 is 8.78 Å². The highest BCUT2D eigenvalue weighted by atomic mass is 35.5. The third-order valence-electron chi connectivity index (χ3n) is 12.3. The first-order valence-corrected chi connectivity index (χ1v) is 18.7. The summed E-state index contributed by atoms with van der Waals surface area (Å²) in [5.74, 6) is -20.5. The summed E-state index contributed by atoms with van der Waals surface area (Å²) in [6, 6.07) is 12.5. The number of fused-ring (bicyclic) bond motifs is 4. The van der Waals surface area contributed by atoms with Crippen molar-refractivity contribution < 1.29 is 46.2 Å². The molecule has 0 bridgehead atoms. The van der Waals surface area contributed by atoms with E-state index in [-0.39, 0.29) is 28.5 Å². The van der Waals surface area contributed by atoms with Crippen molar-refractivity contribution in [1.82, 2.24) is 9.80 Å². The molecule has 8 nitrogen and oxygen atoms in total. The SMILES string of the molecule is Cc1cc([C@H]2C3=CC[C@@H]4C(=O)N(C5CCN(Cc6ccccc6)CC5)C(=O)[C@@H]4[C@@H]3C[C@@]3(Cl)C(=O)N(c4c(F)c(F)c(F)c(F)c4F)C(=O)[C@@]23Cl)cc(C)c1O. The van der Waals surface area contributed by atoms with Crippen LogP contribution < -0.4 is 4.90 Å². The highest BCUT2D eigenvalue weighted by Gasteiger charge is 2.77. The third kappa shape index (κ3) is 5.25. The number of aryl methyl sites for hydroxylation is 2. The summed E-state index contributed by atoms with van der Waals surface area (Å²) in [6.07, 6.45) is 2.21. The number of hydrogen-bond acceptors (Lipinski definition) is 6. The van der Waals surface area contributed by atoms with Crippen LogP contribution in [0.1, 0.15) is 53.9 Å².